The topological polar surface area (TPSA) is 108 Å². The number of aliphatic carboxylic acids is 1. The molecule has 2 aromatic rings. The first-order valence-corrected chi connectivity index (χ1v) is 6.10. The van der Waals surface area contributed by atoms with Gasteiger partial charge in [0.1, 0.15) is 6.04 Å². The largest absolute Gasteiger partial charge is 0.480 e. The summed E-state index contributed by atoms with van der Waals surface area (Å²) < 4.78 is 0. The zero-order valence-corrected chi connectivity index (χ0v) is 10.6. The summed E-state index contributed by atoms with van der Waals surface area (Å²) in [7, 11) is 0. The Hall–Kier alpha value is -2.70. The van der Waals surface area contributed by atoms with E-state index in [9.17, 15) is 9.59 Å². The number of carbonyl (C=O) groups excluding carboxylic acids is 1. The van der Waals surface area contributed by atoms with Crippen LogP contribution < -0.4 is 5.32 Å². The van der Waals surface area contributed by atoms with E-state index in [2.05, 4.69) is 20.7 Å². The van der Waals surface area contributed by atoms with Crippen LogP contribution in [0.3, 0.4) is 0 Å². The van der Waals surface area contributed by atoms with E-state index in [1.54, 1.807) is 0 Å². The van der Waals surface area contributed by atoms with Crippen LogP contribution >= 0.6 is 0 Å². The average Bonchev–Trinajstić information content (AvgIpc) is 2.98. The first-order valence-electron chi connectivity index (χ1n) is 6.10. The van der Waals surface area contributed by atoms with Crippen LogP contribution in [-0.4, -0.2) is 38.4 Å². The molecule has 0 aliphatic rings. The molecular weight excluding hydrogens is 260 g/mol. The van der Waals surface area contributed by atoms with Gasteiger partial charge in [-0.1, -0.05) is 30.3 Å². The fourth-order valence-corrected chi connectivity index (χ4v) is 1.76. The van der Waals surface area contributed by atoms with Gasteiger partial charge < -0.3 is 10.4 Å². The first kappa shape index (κ1) is 13.7. The van der Waals surface area contributed by atoms with Gasteiger partial charge in [-0.2, -0.15) is 15.4 Å². The van der Waals surface area contributed by atoms with Crippen molar-refractivity contribution in [2.24, 2.45) is 0 Å². The van der Waals surface area contributed by atoms with Crippen molar-refractivity contribution in [2.75, 3.05) is 0 Å². The summed E-state index contributed by atoms with van der Waals surface area (Å²) in [6.45, 7) is 0. The molecule has 20 heavy (non-hydrogen) atoms. The molecule has 1 unspecified atom stereocenters. The molecule has 104 valence electrons. The van der Waals surface area contributed by atoms with Crippen molar-refractivity contribution in [2.45, 2.75) is 18.9 Å². The van der Waals surface area contributed by atoms with Gasteiger partial charge in [-0.05, 0) is 18.4 Å². The average molecular weight is 274 g/mol. The van der Waals surface area contributed by atoms with Crippen LogP contribution in [0.2, 0.25) is 0 Å². The number of nitrogens with zero attached hydrogens (tertiary/aromatic N) is 2. The van der Waals surface area contributed by atoms with E-state index in [0.717, 1.165) is 5.56 Å². The Morgan fingerprint density at radius 2 is 2.05 bits per heavy atom. The van der Waals surface area contributed by atoms with Crippen LogP contribution in [0.1, 0.15) is 22.5 Å². The Balaban J connectivity index is 1.94. The monoisotopic (exact) mass is 274 g/mol. The second kappa shape index (κ2) is 6.46. The molecule has 1 aromatic heterocycles. The summed E-state index contributed by atoms with van der Waals surface area (Å²) in [6, 6.07) is 8.54. The third-order valence-electron chi connectivity index (χ3n) is 2.82. The quantitative estimate of drug-likeness (QED) is 0.715. The van der Waals surface area contributed by atoms with Gasteiger partial charge in [-0.15, -0.1) is 0 Å². The van der Waals surface area contributed by atoms with Crippen LogP contribution in [0.5, 0.6) is 0 Å². The van der Waals surface area contributed by atoms with Crippen molar-refractivity contribution in [3.63, 3.8) is 0 Å². The lowest BCUT2D eigenvalue weighted by molar-refractivity contribution is -0.139. The molecule has 3 N–H and O–H groups in total. The number of carboxylic acid groups (broad SMARTS) is 1. The number of hydrogen-bond donors (Lipinski definition) is 3. The summed E-state index contributed by atoms with van der Waals surface area (Å²) in [5.74, 6) is -1.63. The molecule has 0 radical (unpaired) electrons. The van der Waals surface area contributed by atoms with Crippen LogP contribution in [0, 0.1) is 0 Å². The predicted molar refractivity (Wildman–Crippen MR) is 70.0 cm³/mol. The maximum absolute atomic E-state index is 11.7. The third kappa shape index (κ3) is 3.64. The Kier molecular flexibility index (Phi) is 4.43. The maximum Gasteiger partial charge on any atom is 0.326 e. The first-order chi connectivity index (χ1) is 9.66. The molecule has 1 atom stereocenters. The van der Waals surface area contributed by atoms with Crippen LogP contribution in [0.4, 0.5) is 0 Å². The van der Waals surface area contributed by atoms with Crippen LogP contribution in [-0.2, 0) is 11.2 Å². The molecule has 1 aromatic carbocycles. The van der Waals surface area contributed by atoms with Crippen LogP contribution in [0.15, 0.2) is 36.5 Å². The van der Waals surface area contributed by atoms with Crippen molar-refractivity contribution in [1.29, 1.82) is 0 Å². The minimum Gasteiger partial charge on any atom is -0.480 e. The minimum absolute atomic E-state index is 0.0657. The Labute approximate surface area is 115 Å². The molecular formula is C13H14N4O3. The van der Waals surface area contributed by atoms with E-state index in [4.69, 9.17) is 5.11 Å². The number of carboxylic acids is 1. The molecule has 7 nitrogen and oxygen atoms in total. The van der Waals surface area contributed by atoms with Gasteiger partial charge in [0.05, 0.1) is 6.20 Å². The molecule has 0 aliphatic heterocycles. The maximum atomic E-state index is 11.7. The molecule has 0 aliphatic carbocycles. The van der Waals surface area contributed by atoms with E-state index in [1.165, 1.54) is 6.20 Å². The molecule has 0 spiro atoms. The smallest absolute Gasteiger partial charge is 0.326 e. The number of benzene rings is 1. The minimum atomic E-state index is -1.07. The summed E-state index contributed by atoms with van der Waals surface area (Å²) in [5, 5.41) is 21.0. The standard InChI is InChI=1S/C13H14N4O3/c18-12(11-8-14-17-16-11)15-10(13(19)20)7-6-9-4-2-1-3-5-9/h1-5,8,10H,6-7H2,(H,15,18)(H,19,20)(H,14,16,17). The number of hydrogen-bond acceptors (Lipinski definition) is 4. The van der Waals surface area contributed by atoms with Gasteiger partial charge in [-0.25, -0.2) is 4.79 Å². The highest BCUT2D eigenvalue weighted by Crippen LogP contribution is 2.06. The highest BCUT2D eigenvalue weighted by Gasteiger charge is 2.21. The van der Waals surface area contributed by atoms with Gasteiger partial charge in [0, 0.05) is 0 Å². The Bertz CT molecular complexity index is 569. The zero-order valence-electron chi connectivity index (χ0n) is 10.6. The predicted octanol–water partition coefficient (Wildman–Crippen LogP) is 0.620. The number of aryl methyl sites for hydroxylation is 1. The number of nitrogens with one attached hydrogen (secondary N) is 2. The molecule has 1 amide bonds. The number of aromatic nitrogens is 3. The van der Waals surface area contributed by atoms with Crippen LogP contribution in [0.25, 0.3) is 0 Å². The highest BCUT2D eigenvalue weighted by molar-refractivity contribution is 5.94. The number of H-pyrrole nitrogens is 1. The molecule has 0 bridgehead atoms. The Morgan fingerprint density at radius 1 is 1.30 bits per heavy atom. The molecule has 0 saturated carbocycles. The Morgan fingerprint density at radius 3 is 2.65 bits per heavy atom. The highest BCUT2D eigenvalue weighted by atomic mass is 16.4. The van der Waals surface area contributed by atoms with E-state index in [-0.39, 0.29) is 5.69 Å². The van der Waals surface area contributed by atoms with Gasteiger partial charge in [0.15, 0.2) is 5.69 Å². The van der Waals surface area contributed by atoms with Crippen molar-refractivity contribution >= 4 is 11.9 Å². The van der Waals surface area contributed by atoms with Crippen molar-refractivity contribution < 1.29 is 14.7 Å². The van der Waals surface area contributed by atoms with E-state index in [1.807, 2.05) is 30.3 Å². The van der Waals surface area contributed by atoms with Gasteiger partial charge in [0.2, 0.25) is 0 Å². The molecule has 1 heterocycles. The SMILES string of the molecule is O=C(NC(CCc1ccccc1)C(=O)O)c1cn[nH]n1. The lowest BCUT2D eigenvalue weighted by atomic mass is 10.1. The summed E-state index contributed by atoms with van der Waals surface area (Å²) in [5.41, 5.74) is 1.09. The third-order valence-corrected chi connectivity index (χ3v) is 2.82. The zero-order chi connectivity index (χ0) is 14.4. The van der Waals surface area contributed by atoms with Crippen molar-refractivity contribution in [3.8, 4) is 0 Å². The lowest BCUT2D eigenvalue weighted by Crippen LogP contribution is -2.41. The molecule has 0 fully saturated rings. The second-order valence-electron chi connectivity index (χ2n) is 4.24. The number of rotatable bonds is 6. The van der Waals surface area contributed by atoms with Crippen molar-refractivity contribution in [3.05, 3.63) is 47.8 Å². The normalized spacial score (nSPS) is 11.8. The van der Waals surface area contributed by atoms with Crippen molar-refractivity contribution in [1.82, 2.24) is 20.7 Å². The number of amides is 1. The molecule has 2 rings (SSSR count). The number of aromatic amines is 1. The summed E-state index contributed by atoms with van der Waals surface area (Å²) in [4.78, 5) is 22.9. The van der Waals surface area contributed by atoms with Gasteiger partial charge in [0.25, 0.3) is 5.91 Å². The van der Waals surface area contributed by atoms with E-state index < -0.39 is 17.9 Å². The fraction of sp³-hybridized carbons (Fsp3) is 0.231. The van der Waals surface area contributed by atoms with E-state index in [0.29, 0.717) is 12.8 Å². The van der Waals surface area contributed by atoms with Gasteiger partial charge in [-0.3, -0.25) is 4.79 Å². The molecule has 0 saturated heterocycles. The van der Waals surface area contributed by atoms with E-state index >= 15 is 0 Å². The van der Waals surface area contributed by atoms with Gasteiger partial charge >= 0.3 is 5.97 Å². The summed E-state index contributed by atoms with van der Waals surface area (Å²) >= 11 is 0. The molecule has 7 heteroatoms. The fourth-order valence-electron chi connectivity index (χ4n) is 1.76. The second-order valence-corrected chi connectivity index (χ2v) is 4.24. The summed E-state index contributed by atoms with van der Waals surface area (Å²) in [6.07, 6.45) is 2.12. The number of carbonyl (C=O) groups is 2. The lowest BCUT2D eigenvalue weighted by Gasteiger charge is -2.13.